The molecule has 0 amide bonds. The van der Waals surface area contributed by atoms with E-state index in [1.165, 1.54) is 4.31 Å². The molecule has 1 unspecified atom stereocenters. The summed E-state index contributed by atoms with van der Waals surface area (Å²) >= 11 is 5.92. The molecule has 1 heterocycles. The quantitative estimate of drug-likeness (QED) is 0.753. The van der Waals surface area contributed by atoms with Crippen molar-refractivity contribution in [2.75, 3.05) is 32.6 Å². The number of morpholine rings is 1. The average molecular weight is 396 g/mol. The zero-order valence-electron chi connectivity index (χ0n) is 14.6. The van der Waals surface area contributed by atoms with Crippen molar-refractivity contribution in [3.8, 4) is 5.75 Å². The van der Waals surface area contributed by atoms with E-state index in [-0.39, 0.29) is 11.9 Å². The van der Waals surface area contributed by atoms with Crippen molar-refractivity contribution in [2.45, 2.75) is 12.5 Å². The number of ether oxygens (including phenoxy) is 2. The van der Waals surface area contributed by atoms with Gasteiger partial charge in [0.05, 0.1) is 25.6 Å². The topological polar surface area (TPSA) is 55.8 Å². The minimum absolute atomic E-state index is 0.0630. The number of nitrogens with zero attached hydrogens (tertiary/aromatic N) is 1. The summed E-state index contributed by atoms with van der Waals surface area (Å²) in [6, 6.07) is 14.8. The number of aryl methyl sites for hydroxylation is 1. The lowest BCUT2D eigenvalue weighted by Gasteiger charge is -2.32. The van der Waals surface area contributed by atoms with Gasteiger partial charge in [-0.3, -0.25) is 0 Å². The minimum Gasteiger partial charge on any atom is -0.497 e. The van der Waals surface area contributed by atoms with E-state index in [0.29, 0.717) is 31.1 Å². The van der Waals surface area contributed by atoms with Crippen LogP contribution < -0.4 is 4.74 Å². The van der Waals surface area contributed by atoms with Gasteiger partial charge in [-0.2, -0.15) is 4.31 Å². The largest absolute Gasteiger partial charge is 0.497 e. The highest BCUT2D eigenvalue weighted by molar-refractivity contribution is 7.89. The van der Waals surface area contributed by atoms with E-state index >= 15 is 0 Å². The molecule has 1 aliphatic heterocycles. The van der Waals surface area contributed by atoms with Crippen molar-refractivity contribution in [1.82, 2.24) is 4.31 Å². The molecule has 5 nitrogen and oxygen atoms in total. The molecule has 140 valence electrons. The van der Waals surface area contributed by atoms with E-state index in [1.807, 2.05) is 36.4 Å². The van der Waals surface area contributed by atoms with E-state index in [2.05, 4.69) is 0 Å². The van der Waals surface area contributed by atoms with Gasteiger partial charge in [0.2, 0.25) is 10.0 Å². The third kappa shape index (κ3) is 4.76. The normalized spacial score (nSPS) is 18.6. The Morgan fingerprint density at radius 2 is 2.00 bits per heavy atom. The smallest absolute Gasteiger partial charge is 0.214 e. The molecule has 0 aliphatic carbocycles. The number of methoxy groups -OCH3 is 1. The molecule has 3 rings (SSSR count). The Bertz CT molecular complexity index is 839. The predicted molar refractivity (Wildman–Crippen MR) is 102 cm³/mol. The first-order chi connectivity index (χ1) is 12.5. The van der Waals surface area contributed by atoms with Crippen molar-refractivity contribution >= 4 is 21.6 Å². The van der Waals surface area contributed by atoms with Gasteiger partial charge in [-0.15, -0.1) is 0 Å². The van der Waals surface area contributed by atoms with Crippen LogP contribution in [-0.4, -0.2) is 45.3 Å². The first-order valence-electron chi connectivity index (χ1n) is 8.46. The Kier molecular flexibility index (Phi) is 6.19. The second kappa shape index (κ2) is 8.39. The maximum Gasteiger partial charge on any atom is 0.214 e. The van der Waals surface area contributed by atoms with E-state index in [9.17, 15) is 8.42 Å². The second-order valence-electron chi connectivity index (χ2n) is 6.19. The standard InChI is InChI=1S/C19H22ClNO4S/c1-24-18-4-2-3-15(13-18)9-12-26(22,23)21-10-11-25-19(14-21)16-5-7-17(20)8-6-16/h2-8,13,19H,9-12,14H2,1H3. The number of rotatable bonds is 6. The first kappa shape index (κ1) is 19.2. The molecule has 0 N–H and O–H groups in total. The minimum atomic E-state index is -3.36. The predicted octanol–water partition coefficient (Wildman–Crippen LogP) is 3.29. The van der Waals surface area contributed by atoms with Gasteiger partial charge in [-0.25, -0.2) is 8.42 Å². The molecule has 2 aromatic rings. The SMILES string of the molecule is COc1cccc(CCS(=O)(=O)N2CCOC(c3ccc(Cl)cc3)C2)c1. The lowest BCUT2D eigenvalue weighted by atomic mass is 10.1. The fourth-order valence-corrected chi connectivity index (χ4v) is 4.55. The van der Waals surface area contributed by atoms with Gasteiger partial charge in [0, 0.05) is 18.1 Å². The number of hydrogen-bond donors (Lipinski definition) is 0. The molecule has 26 heavy (non-hydrogen) atoms. The molecule has 0 bridgehead atoms. The molecule has 1 atom stereocenters. The van der Waals surface area contributed by atoms with Crippen LogP contribution >= 0.6 is 11.6 Å². The van der Waals surface area contributed by atoms with Crippen LogP contribution in [0.3, 0.4) is 0 Å². The monoisotopic (exact) mass is 395 g/mol. The summed E-state index contributed by atoms with van der Waals surface area (Å²) in [5, 5.41) is 0.646. The Morgan fingerprint density at radius 3 is 2.73 bits per heavy atom. The van der Waals surface area contributed by atoms with Gasteiger partial charge in [-0.05, 0) is 41.8 Å². The van der Waals surface area contributed by atoms with Crippen LogP contribution in [0, 0.1) is 0 Å². The van der Waals surface area contributed by atoms with Crippen LogP contribution in [0.2, 0.25) is 5.02 Å². The lowest BCUT2D eigenvalue weighted by Crippen LogP contribution is -2.43. The fraction of sp³-hybridized carbons (Fsp3) is 0.368. The van der Waals surface area contributed by atoms with E-state index in [1.54, 1.807) is 19.2 Å². The molecule has 0 aromatic heterocycles. The molecule has 1 aliphatic rings. The van der Waals surface area contributed by atoms with Gasteiger partial charge in [0.1, 0.15) is 5.75 Å². The van der Waals surface area contributed by atoms with Crippen LogP contribution in [0.4, 0.5) is 0 Å². The van der Waals surface area contributed by atoms with Crippen LogP contribution in [0.15, 0.2) is 48.5 Å². The summed E-state index contributed by atoms with van der Waals surface area (Å²) in [4.78, 5) is 0. The maximum absolute atomic E-state index is 12.8. The third-order valence-corrected chi connectivity index (χ3v) is 6.54. The molecular formula is C19H22ClNO4S. The Labute approximate surface area is 159 Å². The van der Waals surface area contributed by atoms with E-state index in [0.717, 1.165) is 16.9 Å². The van der Waals surface area contributed by atoms with Gasteiger partial charge < -0.3 is 9.47 Å². The number of benzene rings is 2. The Balaban J connectivity index is 1.65. The summed E-state index contributed by atoms with van der Waals surface area (Å²) in [5.74, 6) is 0.794. The second-order valence-corrected chi connectivity index (χ2v) is 8.71. The van der Waals surface area contributed by atoms with E-state index < -0.39 is 10.0 Å². The molecular weight excluding hydrogens is 374 g/mol. The molecule has 2 aromatic carbocycles. The summed E-state index contributed by atoms with van der Waals surface area (Å²) < 4.78 is 38.0. The maximum atomic E-state index is 12.8. The van der Waals surface area contributed by atoms with Crippen LogP contribution in [0.5, 0.6) is 5.75 Å². The summed E-state index contributed by atoms with van der Waals surface area (Å²) in [5.41, 5.74) is 1.87. The average Bonchev–Trinajstić information content (AvgIpc) is 2.67. The fourth-order valence-electron chi connectivity index (χ4n) is 2.96. The highest BCUT2D eigenvalue weighted by Crippen LogP contribution is 2.25. The Morgan fingerprint density at radius 1 is 1.23 bits per heavy atom. The zero-order valence-corrected chi connectivity index (χ0v) is 16.2. The van der Waals surface area contributed by atoms with E-state index in [4.69, 9.17) is 21.1 Å². The van der Waals surface area contributed by atoms with Gasteiger partial charge in [0.25, 0.3) is 0 Å². The van der Waals surface area contributed by atoms with Gasteiger partial charge in [0.15, 0.2) is 0 Å². The molecule has 0 radical (unpaired) electrons. The van der Waals surface area contributed by atoms with Crippen molar-refractivity contribution in [1.29, 1.82) is 0 Å². The van der Waals surface area contributed by atoms with Gasteiger partial charge >= 0.3 is 0 Å². The number of sulfonamides is 1. The van der Waals surface area contributed by atoms with Crippen LogP contribution in [0.25, 0.3) is 0 Å². The number of halogens is 1. The molecule has 1 fully saturated rings. The molecule has 1 saturated heterocycles. The lowest BCUT2D eigenvalue weighted by molar-refractivity contribution is -0.00253. The molecule has 0 spiro atoms. The Hall–Kier alpha value is -1.60. The van der Waals surface area contributed by atoms with Gasteiger partial charge in [-0.1, -0.05) is 35.9 Å². The van der Waals surface area contributed by atoms with Crippen molar-refractivity contribution < 1.29 is 17.9 Å². The van der Waals surface area contributed by atoms with Crippen molar-refractivity contribution in [3.63, 3.8) is 0 Å². The molecule has 0 saturated carbocycles. The number of hydrogen-bond acceptors (Lipinski definition) is 4. The summed E-state index contributed by atoms with van der Waals surface area (Å²) in [7, 11) is -1.77. The highest BCUT2D eigenvalue weighted by atomic mass is 35.5. The highest BCUT2D eigenvalue weighted by Gasteiger charge is 2.30. The molecule has 7 heteroatoms. The summed E-state index contributed by atoms with van der Waals surface area (Å²) in [6.07, 6.45) is 0.176. The van der Waals surface area contributed by atoms with Crippen LogP contribution in [0.1, 0.15) is 17.2 Å². The van der Waals surface area contributed by atoms with Crippen molar-refractivity contribution in [2.24, 2.45) is 0 Å². The summed E-state index contributed by atoms with van der Waals surface area (Å²) in [6.45, 7) is 1.08. The van der Waals surface area contributed by atoms with Crippen molar-refractivity contribution in [3.05, 3.63) is 64.7 Å². The first-order valence-corrected chi connectivity index (χ1v) is 10.4. The van der Waals surface area contributed by atoms with Crippen LogP contribution in [-0.2, 0) is 21.2 Å². The third-order valence-electron chi connectivity index (χ3n) is 4.45. The zero-order chi connectivity index (χ0) is 18.6.